The van der Waals surface area contributed by atoms with Crippen molar-refractivity contribution in [3.8, 4) is 11.4 Å². The molecular formula is C18H14ClNO3. The van der Waals surface area contributed by atoms with Crippen molar-refractivity contribution in [2.45, 2.75) is 6.10 Å². The number of carboxylic acids is 1. The molecule has 1 unspecified atom stereocenters. The SMILES string of the molecule is O=C(O)C(Oc1c(Cl)cccc1-n1cccc1)c1ccccc1. The Labute approximate surface area is 138 Å². The molecule has 4 nitrogen and oxygen atoms in total. The molecule has 0 saturated heterocycles. The fourth-order valence-corrected chi connectivity index (χ4v) is 2.53. The first-order chi connectivity index (χ1) is 11.2. The average molecular weight is 328 g/mol. The fraction of sp³-hybridized carbons (Fsp3) is 0.0556. The van der Waals surface area contributed by atoms with Crippen molar-refractivity contribution < 1.29 is 14.6 Å². The largest absolute Gasteiger partial charge is 0.478 e. The van der Waals surface area contributed by atoms with E-state index in [1.807, 2.05) is 41.2 Å². The number of nitrogens with zero attached hydrogens (tertiary/aromatic N) is 1. The Balaban J connectivity index is 2.03. The maximum atomic E-state index is 11.6. The lowest BCUT2D eigenvalue weighted by atomic mass is 10.1. The Morgan fingerprint density at radius 1 is 1.00 bits per heavy atom. The summed E-state index contributed by atoms with van der Waals surface area (Å²) in [7, 11) is 0. The Hall–Kier alpha value is -2.72. The number of para-hydroxylation sites is 1. The first kappa shape index (κ1) is 15.2. The van der Waals surface area contributed by atoms with E-state index in [4.69, 9.17) is 16.3 Å². The van der Waals surface area contributed by atoms with Crippen molar-refractivity contribution in [1.29, 1.82) is 0 Å². The van der Waals surface area contributed by atoms with Gasteiger partial charge < -0.3 is 14.4 Å². The minimum absolute atomic E-state index is 0.335. The molecule has 0 aliphatic rings. The zero-order valence-corrected chi connectivity index (χ0v) is 12.9. The second kappa shape index (κ2) is 6.58. The zero-order valence-electron chi connectivity index (χ0n) is 12.1. The molecule has 0 amide bonds. The Bertz CT molecular complexity index is 800. The van der Waals surface area contributed by atoms with Crippen LogP contribution in [-0.2, 0) is 4.79 Å². The molecule has 0 saturated carbocycles. The van der Waals surface area contributed by atoms with E-state index in [9.17, 15) is 9.90 Å². The molecule has 2 aromatic carbocycles. The molecule has 0 bridgehead atoms. The summed E-state index contributed by atoms with van der Waals surface area (Å²) in [6.45, 7) is 0. The second-order valence-corrected chi connectivity index (χ2v) is 5.33. The van der Waals surface area contributed by atoms with Gasteiger partial charge in [0.25, 0.3) is 0 Å². The van der Waals surface area contributed by atoms with Crippen LogP contribution in [0, 0.1) is 0 Å². The van der Waals surface area contributed by atoms with Gasteiger partial charge in [0.1, 0.15) is 0 Å². The van der Waals surface area contributed by atoms with Gasteiger partial charge in [0.05, 0.1) is 10.7 Å². The van der Waals surface area contributed by atoms with E-state index in [-0.39, 0.29) is 0 Å². The van der Waals surface area contributed by atoms with Gasteiger partial charge in [0.2, 0.25) is 6.10 Å². The zero-order chi connectivity index (χ0) is 16.2. The number of aromatic nitrogens is 1. The third-order valence-electron chi connectivity index (χ3n) is 3.39. The van der Waals surface area contributed by atoms with Gasteiger partial charge in [0, 0.05) is 18.0 Å². The van der Waals surface area contributed by atoms with Gasteiger partial charge in [-0.25, -0.2) is 4.79 Å². The quantitative estimate of drug-likeness (QED) is 0.758. The summed E-state index contributed by atoms with van der Waals surface area (Å²) in [6, 6.07) is 17.8. The molecule has 5 heteroatoms. The molecule has 3 aromatic rings. The van der Waals surface area contributed by atoms with Crippen LogP contribution >= 0.6 is 11.6 Å². The van der Waals surface area contributed by atoms with Crippen molar-refractivity contribution >= 4 is 17.6 Å². The van der Waals surface area contributed by atoms with Crippen LogP contribution in [0.5, 0.6) is 5.75 Å². The van der Waals surface area contributed by atoms with Crippen LogP contribution in [0.4, 0.5) is 0 Å². The number of rotatable bonds is 5. The van der Waals surface area contributed by atoms with Crippen molar-refractivity contribution in [1.82, 2.24) is 4.57 Å². The van der Waals surface area contributed by atoms with Gasteiger partial charge in [-0.05, 0) is 24.3 Å². The molecular weight excluding hydrogens is 314 g/mol. The molecule has 1 heterocycles. The third kappa shape index (κ3) is 3.22. The van der Waals surface area contributed by atoms with Crippen LogP contribution in [0.3, 0.4) is 0 Å². The van der Waals surface area contributed by atoms with Crippen LogP contribution in [0.2, 0.25) is 5.02 Å². The summed E-state index contributed by atoms with van der Waals surface area (Å²) in [5.41, 5.74) is 1.24. The molecule has 1 atom stereocenters. The summed E-state index contributed by atoms with van der Waals surface area (Å²) in [5, 5.41) is 9.89. The molecule has 116 valence electrons. The summed E-state index contributed by atoms with van der Waals surface area (Å²) >= 11 is 6.25. The van der Waals surface area contributed by atoms with E-state index in [1.54, 1.807) is 36.4 Å². The number of aliphatic carboxylic acids is 1. The fourth-order valence-electron chi connectivity index (χ4n) is 2.32. The molecule has 0 radical (unpaired) electrons. The molecule has 3 rings (SSSR count). The number of carboxylic acid groups (broad SMARTS) is 1. The monoisotopic (exact) mass is 327 g/mol. The Kier molecular flexibility index (Phi) is 4.35. The number of carbonyl (C=O) groups is 1. The highest BCUT2D eigenvalue weighted by atomic mass is 35.5. The van der Waals surface area contributed by atoms with E-state index < -0.39 is 12.1 Å². The summed E-state index contributed by atoms with van der Waals surface area (Å²) in [4.78, 5) is 11.6. The van der Waals surface area contributed by atoms with Crippen LogP contribution in [0.15, 0.2) is 73.1 Å². The predicted molar refractivity (Wildman–Crippen MR) is 88.2 cm³/mol. The molecule has 0 aliphatic carbocycles. The standard InChI is InChI=1S/C18H14ClNO3/c19-14-9-6-10-15(20-11-4-5-12-20)17(14)23-16(18(21)22)13-7-2-1-3-8-13/h1-12,16H,(H,21,22). The maximum Gasteiger partial charge on any atom is 0.349 e. The van der Waals surface area contributed by atoms with Crippen LogP contribution < -0.4 is 4.74 Å². The lowest BCUT2D eigenvalue weighted by molar-refractivity contribution is -0.145. The smallest absolute Gasteiger partial charge is 0.349 e. The first-order valence-electron chi connectivity index (χ1n) is 7.03. The molecule has 0 fully saturated rings. The summed E-state index contributed by atoms with van der Waals surface area (Å²) in [5.74, 6) is -0.740. The molecule has 1 aromatic heterocycles. The van der Waals surface area contributed by atoms with Gasteiger partial charge in [-0.1, -0.05) is 48.0 Å². The van der Waals surface area contributed by atoms with Crippen molar-refractivity contribution in [3.63, 3.8) is 0 Å². The van der Waals surface area contributed by atoms with Crippen LogP contribution in [-0.4, -0.2) is 15.6 Å². The second-order valence-electron chi connectivity index (χ2n) is 4.93. The molecule has 1 N–H and O–H groups in total. The predicted octanol–water partition coefficient (Wildman–Crippen LogP) is 4.34. The minimum Gasteiger partial charge on any atom is -0.478 e. The highest BCUT2D eigenvalue weighted by Crippen LogP contribution is 2.35. The van der Waals surface area contributed by atoms with Gasteiger partial charge in [-0.15, -0.1) is 0 Å². The highest BCUT2D eigenvalue weighted by molar-refractivity contribution is 6.32. The van der Waals surface area contributed by atoms with E-state index in [0.29, 0.717) is 22.0 Å². The van der Waals surface area contributed by atoms with Crippen LogP contribution in [0.1, 0.15) is 11.7 Å². The van der Waals surface area contributed by atoms with E-state index in [0.717, 1.165) is 0 Å². The Morgan fingerprint density at radius 3 is 2.35 bits per heavy atom. The van der Waals surface area contributed by atoms with E-state index in [1.165, 1.54) is 0 Å². The van der Waals surface area contributed by atoms with Gasteiger partial charge in [-0.2, -0.15) is 0 Å². The normalized spacial score (nSPS) is 11.9. The number of hydrogen-bond donors (Lipinski definition) is 1. The number of halogens is 1. The highest BCUT2D eigenvalue weighted by Gasteiger charge is 2.24. The van der Waals surface area contributed by atoms with E-state index >= 15 is 0 Å². The van der Waals surface area contributed by atoms with Crippen molar-refractivity contribution in [2.75, 3.05) is 0 Å². The lowest BCUT2D eigenvalue weighted by Crippen LogP contribution is -2.19. The van der Waals surface area contributed by atoms with Gasteiger partial charge in [-0.3, -0.25) is 0 Å². The summed E-state index contributed by atoms with van der Waals surface area (Å²) in [6.07, 6.45) is 2.55. The van der Waals surface area contributed by atoms with Crippen LogP contribution in [0.25, 0.3) is 5.69 Å². The molecule has 0 aliphatic heterocycles. The number of hydrogen-bond acceptors (Lipinski definition) is 2. The maximum absolute atomic E-state index is 11.6. The molecule has 23 heavy (non-hydrogen) atoms. The Morgan fingerprint density at radius 2 is 1.70 bits per heavy atom. The third-order valence-corrected chi connectivity index (χ3v) is 3.69. The molecule has 0 spiro atoms. The average Bonchev–Trinajstić information content (AvgIpc) is 3.08. The number of ether oxygens (including phenoxy) is 1. The first-order valence-corrected chi connectivity index (χ1v) is 7.41. The number of benzene rings is 2. The topological polar surface area (TPSA) is 51.5 Å². The minimum atomic E-state index is -1.13. The van der Waals surface area contributed by atoms with Gasteiger partial charge >= 0.3 is 5.97 Å². The van der Waals surface area contributed by atoms with Crippen molar-refractivity contribution in [3.05, 3.63) is 83.6 Å². The van der Waals surface area contributed by atoms with Crippen molar-refractivity contribution in [2.24, 2.45) is 0 Å². The van der Waals surface area contributed by atoms with Gasteiger partial charge in [0.15, 0.2) is 5.75 Å². The van der Waals surface area contributed by atoms with E-state index in [2.05, 4.69) is 0 Å². The summed E-state index contributed by atoms with van der Waals surface area (Å²) < 4.78 is 7.62. The lowest BCUT2D eigenvalue weighted by Gasteiger charge is -2.19.